The number of phenolic OH excluding ortho intramolecular Hbond substituents is 1. The first-order valence-corrected chi connectivity index (χ1v) is 13.3. The van der Waals surface area contributed by atoms with E-state index in [0.717, 1.165) is 17.7 Å². The van der Waals surface area contributed by atoms with Crippen molar-refractivity contribution in [2.24, 2.45) is 10.2 Å². The lowest BCUT2D eigenvalue weighted by molar-refractivity contribution is 0.480. The number of nitrogens with zero attached hydrogens (tertiary/aromatic N) is 2. The number of nitrogens with one attached hydrogen (secondary N) is 1. The number of fused-ring (bicyclic) bond motifs is 1. The summed E-state index contributed by atoms with van der Waals surface area (Å²) in [4.78, 5) is -0.635. The van der Waals surface area contributed by atoms with E-state index < -0.39 is 30.8 Å². The third-order valence-electron chi connectivity index (χ3n) is 5.00. The summed E-state index contributed by atoms with van der Waals surface area (Å²) in [5, 5.41) is 19.5. The van der Waals surface area contributed by atoms with Gasteiger partial charge in [-0.2, -0.15) is 13.5 Å². The maximum Gasteiger partial charge on any atom is 0.294 e. The number of halogens is 1. The van der Waals surface area contributed by atoms with Gasteiger partial charge in [0.15, 0.2) is 5.75 Å². The first-order valence-electron chi connectivity index (χ1n) is 9.98. The van der Waals surface area contributed by atoms with Gasteiger partial charge in [-0.15, -0.1) is 5.11 Å². The van der Waals surface area contributed by atoms with Gasteiger partial charge in [0.2, 0.25) is 0 Å². The SMILES string of the molecule is Cc1ccc(S(=O)(=O)Nc2cc(S(=O)(=O)O)cc3ccc(N=Nc4cccc(Cl)c4)c(O)c23)cc1. The summed E-state index contributed by atoms with van der Waals surface area (Å²) in [5.41, 5.74) is 0.981. The summed E-state index contributed by atoms with van der Waals surface area (Å²) in [6.07, 6.45) is 0. The van der Waals surface area contributed by atoms with Gasteiger partial charge in [0, 0.05) is 5.02 Å². The monoisotopic (exact) mass is 531 g/mol. The minimum Gasteiger partial charge on any atom is -0.505 e. The van der Waals surface area contributed by atoms with Gasteiger partial charge in [-0.1, -0.05) is 41.4 Å². The van der Waals surface area contributed by atoms with E-state index in [1.54, 1.807) is 43.3 Å². The van der Waals surface area contributed by atoms with Crippen LogP contribution in [0.3, 0.4) is 0 Å². The Labute approximate surface area is 206 Å². The van der Waals surface area contributed by atoms with Crippen molar-refractivity contribution in [2.75, 3.05) is 4.72 Å². The van der Waals surface area contributed by atoms with E-state index >= 15 is 0 Å². The van der Waals surface area contributed by atoms with Crippen LogP contribution in [0.4, 0.5) is 17.1 Å². The number of azo groups is 1. The topological polar surface area (TPSA) is 145 Å². The summed E-state index contributed by atoms with van der Waals surface area (Å²) in [6, 6.07) is 17.3. The Balaban J connectivity index is 1.88. The van der Waals surface area contributed by atoms with Crippen LogP contribution in [0.25, 0.3) is 10.8 Å². The molecule has 9 nitrogen and oxygen atoms in total. The second kappa shape index (κ2) is 9.27. The number of hydrogen-bond donors (Lipinski definition) is 3. The highest BCUT2D eigenvalue weighted by Gasteiger charge is 2.22. The quantitative estimate of drug-likeness (QED) is 0.206. The van der Waals surface area contributed by atoms with Gasteiger partial charge < -0.3 is 5.11 Å². The lowest BCUT2D eigenvalue weighted by Crippen LogP contribution is -2.14. The minimum atomic E-state index is -4.69. The zero-order chi connectivity index (χ0) is 25.4. The number of anilines is 1. The number of phenols is 1. The Morgan fingerprint density at radius 3 is 2.23 bits per heavy atom. The molecular formula is C23H18ClN3O6S2. The molecule has 0 saturated carbocycles. The molecular weight excluding hydrogens is 514 g/mol. The van der Waals surface area contributed by atoms with Gasteiger partial charge in [0.25, 0.3) is 20.1 Å². The molecule has 0 bridgehead atoms. The summed E-state index contributed by atoms with van der Waals surface area (Å²) in [6.45, 7) is 1.80. The van der Waals surface area contributed by atoms with Gasteiger partial charge in [0.05, 0.1) is 26.6 Å². The molecule has 35 heavy (non-hydrogen) atoms. The Morgan fingerprint density at radius 2 is 1.57 bits per heavy atom. The fourth-order valence-corrected chi connectivity index (χ4v) is 5.08. The van der Waals surface area contributed by atoms with Gasteiger partial charge >= 0.3 is 0 Å². The van der Waals surface area contributed by atoms with Gasteiger partial charge in [-0.25, -0.2) is 8.42 Å². The molecule has 0 saturated heterocycles. The van der Waals surface area contributed by atoms with Gasteiger partial charge in [-0.3, -0.25) is 9.27 Å². The highest BCUT2D eigenvalue weighted by Crippen LogP contribution is 2.41. The molecule has 0 spiro atoms. The number of sulfonamides is 1. The molecule has 0 amide bonds. The predicted octanol–water partition coefficient (Wildman–Crippen LogP) is 5.97. The molecule has 0 fully saturated rings. The van der Waals surface area contributed by atoms with Crippen LogP contribution in [-0.2, 0) is 20.1 Å². The average Bonchev–Trinajstić information content (AvgIpc) is 2.78. The van der Waals surface area contributed by atoms with Crippen LogP contribution in [0, 0.1) is 6.92 Å². The summed E-state index contributed by atoms with van der Waals surface area (Å²) < 4.78 is 61.5. The largest absolute Gasteiger partial charge is 0.505 e. The highest BCUT2D eigenvalue weighted by molar-refractivity contribution is 7.92. The molecule has 0 aromatic heterocycles. The standard InChI is InChI=1S/C23H18ClN3O6S2/c1-14-5-8-18(9-6-14)34(29,30)27-21-13-19(35(31,32)33)11-15-7-10-20(23(28)22(15)21)26-25-17-4-2-3-16(24)12-17/h2-13,27-28H,1H3,(H,31,32,33). The number of rotatable bonds is 6. The molecule has 180 valence electrons. The van der Waals surface area contributed by atoms with Crippen LogP contribution < -0.4 is 4.72 Å². The van der Waals surface area contributed by atoms with Crippen LogP contribution in [0.1, 0.15) is 5.56 Å². The fraction of sp³-hybridized carbons (Fsp3) is 0.0435. The fourth-order valence-electron chi connectivity index (χ4n) is 3.29. The molecule has 4 aromatic carbocycles. The van der Waals surface area contributed by atoms with Crippen LogP contribution in [0.2, 0.25) is 5.02 Å². The number of hydrogen-bond acceptors (Lipinski definition) is 7. The Kier molecular flexibility index (Phi) is 6.52. The second-order valence-corrected chi connectivity index (χ2v) is 11.1. The van der Waals surface area contributed by atoms with Crippen molar-refractivity contribution in [2.45, 2.75) is 16.7 Å². The van der Waals surface area contributed by atoms with E-state index in [1.165, 1.54) is 24.3 Å². The van der Waals surface area contributed by atoms with E-state index in [4.69, 9.17) is 11.6 Å². The Morgan fingerprint density at radius 1 is 0.857 bits per heavy atom. The average molecular weight is 532 g/mol. The second-order valence-electron chi connectivity index (χ2n) is 7.58. The Bertz CT molecular complexity index is 1690. The van der Waals surface area contributed by atoms with E-state index in [2.05, 4.69) is 15.0 Å². The number of aromatic hydroxyl groups is 1. The predicted molar refractivity (Wildman–Crippen MR) is 133 cm³/mol. The molecule has 3 N–H and O–H groups in total. The van der Waals surface area contributed by atoms with Gasteiger partial charge in [0.1, 0.15) is 5.69 Å². The normalized spacial score (nSPS) is 12.3. The molecule has 12 heteroatoms. The van der Waals surface area contributed by atoms with Crippen molar-refractivity contribution in [3.8, 4) is 5.75 Å². The third-order valence-corrected chi connectivity index (χ3v) is 7.45. The maximum atomic E-state index is 13.0. The van der Waals surface area contributed by atoms with Crippen LogP contribution in [0.15, 0.2) is 92.8 Å². The molecule has 0 aliphatic heterocycles. The third kappa shape index (κ3) is 5.43. The van der Waals surface area contributed by atoms with Crippen LogP contribution in [-0.4, -0.2) is 26.5 Å². The van der Waals surface area contributed by atoms with E-state index in [9.17, 15) is 26.5 Å². The lowest BCUT2D eigenvalue weighted by Gasteiger charge is -2.14. The Hall–Kier alpha value is -3.51. The molecule has 0 unspecified atom stereocenters. The molecule has 0 atom stereocenters. The molecule has 4 aromatic rings. The first-order chi connectivity index (χ1) is 16.4. The van der Waals surface area contributed by atoms with Crippen molar-refractivity contribution in [3.05, 3.63) is 83.4 Å². The summed E-state index contributed by atoms with van der Waals surface area (Å²) in [5.74, 6) is -0.447. The minimum absolute atomic E-state index is 0.00661. The van der Waals surface area contributed by atoms with Crippen molar-refractivity contribution < 1.29 is 26.5 Å². The molecule has 0 aliphatic rings. The van der Waals surface area contributed by atoms with E-state index in [1.807, 2.05) is 0 Å². The highest BCUT2D eigenvalue weighted by atomic mass is 35.5. The van der Waals surface area contributed by atoms with Crippen molar-refractivity contribution in [3.63, 3.8) is 0 Å². The van der Waals surface area contributed by atoms with Crippen LogP contribution in [0.5, 0.6) is 5.75 Å². The number of aryl methyl sites for hydroxylation is 1. The maximum absolute atomic E-state index is 13.0. The smallest absolute Gasteiger partial charge is 0.294 e. The summed E-state index contributed by atoms with van der Waals surface area (Å²) in [7, 11) is -8.87. The van der Waals surface area contributed by atoms with E-state index in [0.29, 0.717) is 10.7 Å². The van der Waals surface area contributed by atoms with Crippen molar-refractivity contribution in [1.29, 1.82) is 0 Å². The summed E-state index contributed by atoms with van der Waals surface area (Å²) >= 11 is 5.94. The van der Waals surface area contributed by atoms with E-state index in [-0.39, 0.29) is 27.0 Å². The number of benzene rings is 4. The zero-order valence-electron chi connectivity index (χ0n) is 18.0. The van der Waals surface area contributed by atoms with Crippen LogP contribution >= 0.6 is 11.6 Å². The molecule has 0 aliphatic carbocycles. The first kappa shape index (κ1) is 24.6. The van der Waals surface area contributed by atoms with Gasteiger partial charge in [-0.05, 0) is 60.8 Å². The lowest BCUT2D eigenvalue weighted by atomic mass is 10.1. The van der Waals surface area contributed by atoms with Crippen molar-refractivity contribution >= 4 is 59.6 Å². The molecule has 0 radical (unpaired) electrons. The molecule has 0 heterocycles. The molecule has 4 rings (SSSR count). The van der Waals surface area contributed by atoms with Crippen molar-refractivity contribution in [1.82, 2.24) is 0 Å². The zero-order valence-corrected chi connectivity index (χ0v) is 20.4.